The molecule has 0 aliphatic rings. The minimum Gasteiger partial charge on any atom is -0.379 e. The Morgan fingerprint density at radius 3 is 2.47 bits per heavy atom. The van der Waals surface area contributed by atoms with Crippen molar-refractivity contribution in [2.45, 2.75) is 12.6 Å². The molecule has 0 aromatic heterocycles. The molecule has 0 heterocycles. The Bertz CT molecular complexity index is 259. The summed E-state index contributed by atoms with van der Waals surface area (Å²) in [6.45, 7) is 9.99. The van der Waals surface area contributed by atoms with Crippen molar-refractivity contribution in [3.05, 3.63) is 25.3 Å². The molecule has 0 saturated heterocycles. The van der Waals surface area contributed by atoms with Crippen LogP contribution in [0, 0.1) is 0 Å². The summed E-state index contributed by atoms with van der Waals surface area (Å²) in [7, 11) is 0. The summed E-state index contributed by atoms with van der Waals surface area (Å²) in [4.78, 5) is 10.8. The summed E-state index contributed by atoms with van der Waals surface area (Å²) >= 11 is 0. The lowest BCUT2D eigenvalue weighted by Crippen LogP contribution is -2.28. The highest BCUT2D eigenvalue weighted by Crippen LogP contribution is 1.84. The second-order valence-electron chi connectivity index (χ2n) is 3.71. The topological polar surface area (TPSA) is 79.8 Å². The van der Waals surface area contributed by atoms with E-state index in [1.165, 1.54) is 12.2 Å². The summed E-state index contributed by atoms with van der Waals surface area (Å²) < 4.78 is 10.6. The van der Waals surface area contributed by atoms with E-state index in [0.717, 1.165) is 6.42 Å². The van der Waals surface area contributed by atoms with Crippen LogP contribution in [0.5, 0.6) is 0 Å². The van der Waals surface area contributed by atoms with Gasteiger partial charge in [0.1, 0.15) is 6.23 Å². The molecule has 0 radical (unpaired) electrons. The molecule has 0 rings (SSSR count). The van der Waals surface area contributed by atoms with Crippen molar-refractivity contribution in [2.24, 2.45) is 0 Å². The van der Waals surface area contributed by atoms with E-state index in [4.69, 9.17) is 14.6 Å². The van der Waals surface area contributed by atoms with Crippen molar-refractivity contribution in [1.82, 2.24) is 10.6 Å². The highest BCUT2D eigenvalue weighted by molar-refractivity contribution is 5.86. The van der Waals surface area contributed by atoms with Crippen LogP contribution in [-0.4, -0.2) is 56.8 Å². The van der Waals surface area contributed by atoms with E-state index in [2.05, 4.69) is 23.8 Å². The third-order valence-electron chi connectivity index (χ3n) is 2.15. The predicted octanol–water partition coefficient (Wildman–Crippen LogP) is -0.194. The number of nitrogens with one attached hydrogen (secondary N) is 2. The SMILES string of the molecule is C=CC(=O)NCCOCCOCCCNC(O)C=C. The molecule has 1 atom stereocenters. The van der Waals surface area contributed by atoms with Crippen LogP contribution in [0.15, 0.2) is 25.3 Å². The highest BCUT2D eigenvalue weighted by Gasteiger charge is 1.96. The Morgan fingerprint density at radius 1 is 1.16 bits per heavy atom. The Hall–Kier alpha value is -1.21. The van der Waals surface area contributed by atoms with E-state index in [1.807, 2.05) is 0 Å². The van der Waals surface area contributed by atoms with E-state index < -0.39 is 6.23 Å². The van der Waals surface area contributed by atoms with Crippen LogP contribution in [0.25, 0.3) is 0 Å². The highest BCUT2D eigenvalue weighted by atomic mass is 16.5. The van der Waals surface area contributed by atoms with Gasteiger partial charge in [-0.2, -0.15) is 0 Å². The van der Waals surface area contributed by atoms with Gasteiger partial charge in [0.05, 0.1) is 19.8 Å². The molecule has 1 unspecified atom stereocenters. The van der Waals surface area contributed by atoms with Gasteiger partial charge in [-0.05, 0) is 25.1 Å². The lowest BCUT2D eigenvalue weighted by molar-refractivity contribution is -0.116. The first-order valence-electron chi connectivity index (χ1n) is 6.30. The molecule has 0 spiro atoms. The lowest BCUT2D eigenvalue weighted by atomic mass is 10.4. The number of hydrogen-bond acceptors (Lipinski definition) is 5. The van der Waals surface area contributed by atoms with Crippen LogP contribution in [-0.2, 0) is 14.3 Å². The molecule has 0 aliphatic carbocycles. The van der Waals surface area contributed by atoms with Crippen LogP contribution >= 0.6 is 0 Å². The van der Waals surface area contributed by atoms with Crippen molar-refractivity contribution in [2.75, 3.05) is 39.5 Å². The van der Waals surface area contributed by atoms with Gasteiger partial charge < -0.3 is 19.9 Å². The van der Waals surface area contributed by atoms with Crippen LogP contribution in [0.3, 0.4) is 0 Å². The summed E-state index contributed by atoms with van der Waals surface area (Å²) in [6.07, 6.45) is 2.80. The molecule has 6 heteroatoms. The number of ether oxygens (including phenoxy) is 2. The van der Waals surface area contributed by atoms with Gasteiger partial charge in [0.15, 0.2) is 0 Å². The third kappa shape index (κ3) is 13.0. The molecule has 1 amide bonds. The molecule has 0 fully saturated rings. The van der Waals surface area contributed by atoms with Gasteiger partial charge in [-0.25, -0.2) is 0 Å². The monoisotopic (exact) mass is 272 g/mol. The maximum Gasteiger partial charge on any atom is 0.243 e. The molecule has 19 heavy (non-hydrogen) atoms. The van der Waals surface area contributed by atoms with Crippen LogP contribution in [0.1, 0.15) is 6.42 Å². The zero-order valence-electron chi connectivity index (χ0n) is 11.3. The molecule has 0 aromatic carbocycles. The maximum absolute atomic E-state index is 10.8. The van der Waals surface area contributed by atoms with Crippen molar-refractivity contribution in [3.63, 3.8) is 0 Å². The predicted molar refractivity (Wildman–Crippen MR) is 73.7 cm³/mol. The molecule has 0 aromatic rings. The van der Waals surface area contributed by atoms with Crippen LogP contribution in [0.2, 0.25) is 0 Å². The maximum atomic E-state index is 10.8. The Morgan fingerprint density at radius 2 is 1.84 bits per heavy atom. The second kappa shape index (κ2) is 13.2. The summed E-state index contributed by atoms with van der Waals surface area (Å²) in [5, 5.41) is 14.6. The van der Waals surface area contributed by atoms with Crippen molar-refractivity contribution in [3.8, 4) is 0 Å². The average Bonchev–Trinajstić information content (AvgIpc) is 2.43. The van der Waals surface area contributed by atoms with Gasteiger partial charge in [0, 0.05) is 13.2 Å². The van der Waals surface area contributed by atoms with Gasteiger partial charge in [-0.1, -0.05) is 13.2 Å². The summed E-state index contributed by atoms with van der Waals surface area (Å²) in [5.41, 5.74) is 0. The Kier molecular flexibility index (Phi) is 12.4. The van der Waals surface area contributed by atoms with Gasteiger partial charge in [-0.15, -0.1) is 0 Å². The first kappa shape index (κ1) is 17.8. The molecule has 0 aliphatic heterocycles. The number of hydrogen-bond donors (Lipinski definition) is 3. The quantitative estimate of drug-likeness (QED) is 0.187. The number of amides is 1. The summed E-state index contributed by atoms with van der Waals surface area (Å²) in [5.74, 6) is -0.200. The minimum atomic E-state index is -0.658. The van der Waals surface area contributed by atoms with Crippen LogP contribution in [0.4, 0.5) is 0 Å². The lowest BCUT2D eigenvalue weighted by Gasteiger charge is -2.08. The Balaban J connectivity index is 3.08. The number of aliphatic hydroxyl groups excluding tert-OH is 1. The van der Waals surface area contributed by atoms with Gasteiger partial charge in [0.25, 0.3) is 0 Å². The average molecular weight is 272 g/mol. The zero-order chi connectivity index (χ0) is 14.3. The van der Waals surface area contributed by atoms with E-state index in [0.29, 0.717) is 39.5 Å². The smallest absolute Gasteiger partial charge is 0.243 e. The molecule has 6 nitrogen and oxygen atoms in total. The first-order valence-corrected chi connectivity index (χ1v) is 6.30. The number of aliphatic hydroxyl groups is 1. The van der Waals surface area contributed by atoms with Crippen molar-refractivity contribution in [1.29, 1.82) is 0 Å². The zero-order valence-corrected chi connectivity index (χ0v) is 11.3. The fourth-order valence-electron chi connectivity index (χ4n) is 1.15. The second-order valence-corrected chi connectivity index (χ2v) is 3.71. The molecular formula is C13H24N2O4. The number of carbonyl (C=O) groups is 1. The van der Waals surface area contributed by atoms with Gasteiger partial charge in [-0.3, -0.25) is 10.1 Å². The minimum absolute atomic E-state index is 0.200. The van der Waals surface area contributed by atoms with Gasteiger partial charge in [0.2, 0.25) is 5.91 Å². The van der Waals surface area contributed by atoms with E-state index in [9.17, 15) is 4.79 Å². The number of carbonyl (C=O) groups excluding carboxylic acids is 1. The van der Waals surface area contributed by atoms with Crippen molar-refractivity contribution >= 4 is 5.91 Å². The van der Waals surface area contributed by atoms with Gasteiger partial charge >= 0.3 is 0 Å². The largest absolute Gasteiger partial charge is 0.379 e. The fourth-order valence-corrected chi connectivity index (χ4v) is 1.15. The fraction of sp³-hybridized carbons (Fsp3) is 0.615. The third-order valence-corrected chi connectivity index (χ3v) is 2.15. The molecule has 3 N–H and O–H groups in total. The van der Waals surface area contributed by atoms with E-state index in [-0.39, 0.29) is 5.91 Å². The first-order chi connectivity index (χ1) is 9.20. The molecular weight excluding hydrogens is 248 g/mol. The molecule has 0 saturated carbocycles. The van der Waals surface area contributed by atoms with E-state index in [1.54, 1.807) is 0 Å². The van der Waals surface area contributed by atoms with E-state index >= 15 is 0 Å². The normalized spacial score (nSPS) is 11.8. The Labute approximate surface area is 114 Å². The van der Waals surface area contributed by atoms with Crippen molar-refractivity contribution < 1.29 is 19.4 Å². The summed E-state index contributed by atoms with van der Waals surface area (Å²) in [6, 6.07) is 0. The molecule has 110 valence electrons. The molecule has 0 bridgehead atoms. The standard InChI is InChI=1S/C13H24N2O4/c1-3-12(16)14-6-5-8-18-10-11-19-9-7-15-13(17)4-2/h3-4,12,14,16H,1-2,5-11H2,(H,15,17). The number of rotatable bonds is 13. The van der Waals surface area contributed by atoms with Crippen LogP contribution < -0.4 is 10.6 Å².